The fourth-order valence-electron chi connectivity index (χ4n) is 1.03. The molecule has 0 N–H and O–H groups in total. The van der Waals surface area contributed by atoms with Gasteiger partial charge in [-0.05, 0) is 13.8 Å². The Hall–Kier alpha value is -0.430. The highest BCUT2D eigenvalue weighted by Gasteiger charge is 2.33. The molecule has 102 valence electrons. The number of carbonyl (C=O) groups excluding carboxylic acids is 1. The molecule has 0 amide bonds. The van der Waals surface area contributed by atoms with E-state index in [1.807, 2.05) is 0 Å². The lowest BCUT2D eigenvalue weighted by molar-refractivity contribution is -0.137. The molecule has 0 unspecified atom stereocenters. The zero-order valence-electron chi connectivity index (χ0n) is 10.0. The van der Waals surface area contributed by atoms with E-state index in [1.165, 1.54) is 0 Å². The molecule has 17 heavy (non-hydrogen) atoms. The Bertz CT molecular complexity index is 379. The average Bonchev–Trinajstić information content (AvgIpc) is 2.15. The topological polar surface area (TPSA) is 96.0 Å². The average molecular weight is 288 g/mol. The predicted octanol–water partition coefficient (Wildman–Crippen LogP) is 0.798. The van der Waals surface area contributed by atoms with E-state index in [4.69, 9.17) is 9.05 Å². The first-order valence-corrected chi connectivity index (χ1v) is 8.49. The molecule has 0 saturated heterocycles. The highest BCUT2D eigenvalue weighted by molar-refractivity contribution is 7.98. The van der Waals surface area contributed by atoms with Gasteiger partial charge in [0.1, 0.15) is 5.75 Å². The van der Waals surface area contributed by atoms with Gasteiger partial charge in [-0.3, -0.25) is 9.36 Å². The monoisotopic (exact) mass is 288 g/mol. The van der Waals surface area contributed by atoms with Crippen molar-refractivity contribution >= 4 is 23.4 Å². The summed E-state index contributed by atoms with van der Waals surface area (Å²) in [7, 11) is -6.51. The van der Waals surface area contributed by atoms with Crippen molar-refractivity contribution in [2.45, 2.75) is 13.8 Å². The summed E-state index contributed by atoms with van der Waals surface area (Å²) in [4.78, 5) is 10.9. The van der Waals surface area contributed by atoms with Crippen LogP contribution < -0.4 is 0 Å². The van der Waals surface area contributed by atoms with Crippen LogP contribution in [0, 0.1) is 0 Å². The molecular formula is C8H17O7PS. The second-order valence-corrected chi connectivity index (χ2v) is 7.59. The van der Waals surface area contributed by atoms with E-state index in [0.717, 1.165) is 7.11 Å². The molecule has 0 radical (unpaired) electrons. The Morgan fingerprint density at radius 1 is 1.18 bits per heavy atom. The van der Waals surface area contributed by atoms with Crippen molar-refractivity contribution in [3.63, 3.8) is 0 Å². The fraction of sp³-hybridized carbons (Fsp3) is 0.875. The van der Waals surface area contributed by atoms with Crippen LogP contribution in [0.25, 0.3) is 0 Å². The molecule has 0 saturated carbocycles. The van der Waals surface area contributed by atoms with Crippen LogP contribution in [-0.4, -0.2) is 46.0 Å². The molecular weight excluding hydrogens is 271 g/mol. The first-order chi connectivity index (χ1) is 7.78. The summed E-state index contributed by atoms with van der Waals surface area (Å²) in [5, 5.41) is 0. The van der Waals surface area contributed by atoms with E-state index in [0.29, 0.717) is 0 Å². The molecule has 0 spiro atoms. The highest BCUT2D eigenvalue weighted by Crippen LogP contribution is 2.49. The molecule has 9 heteroatoms. The van der Waals surface area contributed by atoms with Crippen LogP contribution in [0.3, 0.4) is 0 Å². The largest absolute Gasteiger partial charge is 0.468 e. The van der Waals surface area contributed by atoms with Crippen molar-refractivity contribution in [3.8, 4) is 0 Å². The van der Waals surface area contributed by atoms with Crippen LogP contribution in [0.2, 0.25) is 0 Å². The van der Waals surface area contributed by atoms with Crippen molar-refractivity contribution < 1.29 is 31.6 Å². The van der Waals surface area contributed by atoms with Gasteiger partial charge in [-0.2, -0.15) is 0 Å². The number of ether oxygens (including phenoxy) is 1. The number of esters is 1. The standard InChI is InChI=1S/C8H17O7PS/c1-4-14-16(10,15-5-2)7-17(11,12)6-8(9)13-3/h4-7H2,1-3H3. The molecule has 0 aromatic heterocycles. The van der Waals surface area contributed by atoms with Crippen LogP contribution in [0.15, 0.2) is 0 Å². The van der Waals surface area contributed by atoms with Gasteiger partial charge in [0.15, 0.2) is 15.3 Å². The normalized spacial score (nSPS) is 12.4. The van der Waals surface area contributed by atoms with Crippen LogP contribution >= 0.6 is 7.60 Å². The maximum Gasteiger partial charge on any atom is 0.345 e. The molecule has 0 bridgehead atoms. The summed E-state index contributed by atoms with van der Waals surface area (Å²) in [6.07, 6.45) is 0. The van der Waals surface area contributed by atoms with E-state index in [-0.39, 0.29) is 13.2 Å². The van der Waals surface area contributed by atoms with Gasteiger partial charge in [0.2, 0.25) is 0 Å². The summed E-state index contributed by atoms with van der Waals surface area (Å²) in [6.45, 7) is 3.26. The third-order valence-electron chi connectivity index (χ3n) is 1.57. The van der Waals surface area contributed by atoms with E-state index in [2.05, 4.69) is 4.74 Å². The van der Waals surface area contributed by atoms with Gasteiger partial charge in [0.05, 0.1) is 20.3 Å². The summed E-state index contributed by atoms with van der Waals surface area (Å²) in [5.41, 5.74) is -0.823. The van der Waals surface area contributed by atoms with E-state index in [1.54, 1.807) is 13.8 Å². The molecule has 0 rings (SSSR count). The number of sulfone groups is 1. The Morgan fingerprint density at radius 3 is 2.00 bits per heavy atom. The predicted molar refractivity (Wildman–Crippen MR) is 61.5 cm³/mol. The van der Waals surface area contributed by atoms with Gasteiger partial charge in [-0.15, -0.1) is 0 Å². The zero-order chi connectivity index (χ0) is 13.5. The van der Waals surface area contributed by atoms with E-state index < -0.39 is 34.6 Å². The maximum absolute atomic E-state index is 11.9. The van der Waals surface area contributed by atoms with Gasteiger partial charge in [-0.1, -0.05) is 0 Å². The van der Waals surface area contributed by atoms with Crippen LogP contribution in [0.4, 0.5) is 0 Å². The summed E-state index contributed by atoms with van der Waals surface area (Å²) >= 11 is 0. The van der Waals surface area contributed by atoms with Gasteiger partial charge in [-0.25, -0.2) is 8.42 Å². The van der Waals surface area contributed by atoms with Crippen molar-refractivity contribution in [1.29, 1.82) is 0 Å². The molecule has 0 aliphatic heterocycles. The third kappa shape index (κ3) is 6.78. The van der Waals surface area contributed by atoms with Gasteiger partial charge in [0.25, 0.3) is 0 Å². The number of hydrogen-bond donors (Lipinski definition) is 0. The number of hydrogen-bond acceptors (Lipinski definition) is 7. The quantitative estimate of drug-likeness (QED) is 0.481. The SMILES string of the molecule is CCOP(=O)(CS(=O)(=O)CC(=O)OC)OCC. The molecule has 0 heterocycles. The summed E-state index contributed by atoms with van der Waals surface area (Å²) in [6, 6.07) is 0. The van der Waals surface area contributed by atoms with Crippen molar-refractivity contribution in [2.24, 2.45) is 0 Å². The van der Waals surface area contributed by atoms with Gasteiger partial charge < -0.3 is 13.8 Å². The minimum absolute atomic E-state index is 0.0605. The van der Waals surface area contributed by atoms with Crippen LogP contribution in [-0.2, 0) is 33.0 Å². The van der Waals surface area contributed by atoms with Crippen molar-refractivity contribution in [3.05, 3.63) is 0 Å². The number of carbonyl (C=O) groups is 1. The van der Waals surface area contributed by atoms with Crippen LogP contribution in [0.1, 0.15) is 13.8 Å². The summed E-state index contributed by atoms with van der Waals surface area (Å²) < 4.78 is 48.9. The lowest BCUT2D eigenvalue weighted by atomic mass is 10.8. The minimum Gasteiger partial charge on any atom is -0.468 e. The summed E-state index contributed by atoms with van der Waals surface area (Å²) in [5.74, 6) is -1.75. The third-order valence-corrected chi connectivity index (χ3v) is 6.39. The zero-order valence-corrected chi connectivity index (χ0v) is 11.8. The fourth-order valence-corrected chi connectivity index (χ4v) is 5.26. The van der Waals surface area contributed by atoms with Crippen molar-refractivity contribution in [2.75, 3.05) is 31.6 Å². The van der Waals surface area contributed by atoms with Gasteiger partial charge >= 0.3 is 13.6 Å². The first kappa shape index (κ1) is 16.6. The number of rotatable bonds is 8. The molecule has 0 aliphatic carbocycles. The molecule has 0 fully saturated rings. The molecule has 0 atom stereocenters. The molecule has 0 aromatic carbocycles. The maximum atomic E-state index is 11.9. The molecule has 0 aliphatic rings. The van der Waals surface area contributed by atoms with Crippen molar-refractivity contribution in [1.82, 2.24) is 0 Å². The smallest absolute Gasteiger partial charge is 0.345 e. The van der Waals surface area contributed by atoms with E-state index >= 15 is 0 Å². The van der Waals surface area contributed by atoms with E-state index in [9.17, 15) is 17.8 Å². The first-order valence-electron chi connectivity index (χ1n) is 4.94. The second-order valence-electron chi connectivity index (χ2n) is 3.04. The van der Waals surface area contributed by atoms with Crippen LogP contribution in [0.5, 0.6) is 0 Å². The lowest BCUT2D eigenvalue weighted by Gasteiger charge is -2.16. The lowest BCUT2D eigenvalue weighted by Crippen LogP contribution is -2.21. The second kappa shape index (κ2) is 7.10. The molecule has 0 aromatic rings. The molecule has 7 nitrogen and oxygen atoms in total. The Kier molecular flexibility index (Phi) is 6.92. The Morgan fingerprint density at radius 2 is 1.65 bits per heavy atom. The van der Waals surface area contributed by atoms with Gasteiger partial charge in [0, 0.05) is 0 Å². The highest BCUT2D eigenvalue weighted by atomic mass is 32.2. The minimum atomic E-state index is -3.88. The Balaban J connectivity index is 4.75. The number of methoxy groups -OCH3 is 1. The Labute approximate surface area is 101 Å².